The minimum atomic E-state index is 0.425. The molecule has 4 aliphatic rings. The average Bonchev–Trinajstić information content (AvgIpc) is 2.38. The van der Waals surface area contributed by atoms with E-state index >= 15 is 0 Å². The number of hydrogen-bond acceptors (Lipinski definition) is 1. The van der Waals surface area contributed by atoms with Crippen LogP contribution in [-0.4, -0.2) is 6.29 Å². The Balaban J connectivity index is 1.77. The summed E-state index contributed by atoms with van der Waals surface area (Å²) < 4.78 is 0. The summed E-state index contributed by atoms with van der Waals surface area (Å²) in [5.74, 6) is 2.90. The third-order valence-electron chi connectivity index (χ3n) is 5.93. The highest BCUT2D eigenvalue weighted by atomic mass is 16.1. The molecule has 0 atom stereocenters. The van der Waals surface area contributed by atoms with Crippen LogP contribution in [0.5, 0.6) is 0 Å². The van der Waals surface area contributed by atoms with Gasteiger partial charge >= 0.3 is 0 Å². The predicted molar refractivity (Wildman–Crippen MR) is 76.1 cm³/mol. The Hall–Kier alpha value is -1.11. The zero-order valence-electron chi connectivity index (χ0n) is 11.5. The molecule has 0 aromatic heterocycles. The van der Waals surface area contributed by atoms with Gasteiger partial charge in [-0.15, -0.1) is 0 Å². The molecule has 0 unspecified atom stereocenters. The molecule has 1 aromatic carbocycles. The van der Waals surface area contributed by atoms with E-state index in [-0.39, 0.29) is 0 Å². The van der Waals surface area contributed by atoms with E-state index in [9.17, 15) is 4.79 Å². The van der Waals surface area contributed by atoms with Gasteiger partial charge in [-0.1, -0.05) is 24.3 Å². The van der Waals surface area contributed by atoms with Crippen molar-refractivity contribution in [2.75, 3.05) is 0 Å². The van der Waals surface area contributed by atoms with Gasteiger partial charge in [-0.2, -0.15) is 0 Å². The van der Waals surface area contributed by atoms with Crippen molar-refractivity contribution in [3.05, 3.63) is 35.4 Å². The van der Waals surface area contributed by atoms with Crippen LogP contribution in [0.25, 0.3) is 0 Å². The molecule has 0 N–H and O–H groups in total. The van der Waals surface area contributed by atoms with E-state index in [2.05, 4.69) is 24.3 Å². The number of hydrogen-bond donors (Lipinski definition) is 0. The molecule has 100 valence electrons. The van der Waals surface area contributed by atoms with Gasteiger partial charge in [-0.25, -0.2) is 0 Å². The quantitative estimate of drug-likeness (QED) is 0.748. The first kappa shape index (κ1) is 11.7. The van der Waals surface area contributed by atoms with Gasteiger partial charge in [0, 0.05) is 6.42 Å². The van der Waals surface area contributed by atoms with Gasteiger partial charge in [0.1, 0.15) is 6.29 Å². The van der Waals surface area contributed by atoms with Crippen molar-refractivity contribution in [1.82, 2.24) is 0 Å². The predicted octanol–water partition coefficient (Wildman–Crippen LogP) is 3.90. The van der Waals surface area contributed by atoms with Crippen LogP contribution in [0, 0.1) is 17.8 Å². The number of carbonyl (C=O) groups excluding carboxylic acids is 1. The van der Waals surface area contributed by atoms with Crippen LogP contribution in [-0.2, 0) is 16.6 Å². The molecule has 1 heteroatoms. The molecular formula is C18H22O. The second-order valence-electron chi connectivity index (χ2n) is 7.23. The van der Waals surface area contributed by atoms with Gasteiger partial charge in [0.05, 0.1) is 0 Å². The lowest BCUT2D eigenvalue weighted by atomic mass is 9.47. The number of benzene rings is 1. The molecule has 0 aliphatic heterocycles. The van der Waals surface area contributed by atoms with Gasteiger partial charge < -0.3 is 4.79 Å². The van der Waals surface area contributed by atoms with Crippen molar-refractivity contribution < 1.29 is 4.79 Å². The molecule has 0 amide bonds. The lowest BCUT2D eigenvalue weighted by Gasteiger charge is -2.57. The van der Waals surface area contributed by atoms with Crippen molar-refractivity contribution in [2.24, 2.45) is 17.8 Å². The summed E-state index contributed by atoms with van der Waals surface area (Å²) >= 11 is 0. The largest absolute Gasteiger partial charge is 0.303 e. The van der Waals surface area contributed by atoms with Gasteiger partial charge in [0.15, 0.2) is 0 Å². The van der Waals surface area contributed by atoms with Crippen LogP contribution >= 0.6 is 0 Å². The standard InChI is InChI=1S/C18H22O/c19-6-5-16-3-1-2-4-17(16)18-10-13-7-14(11-18)9-15(8-13)12-18/h1-4,6,13-15H,5,7-12H2. The topological polar surface area (TPSA) is 17.1 Å². The average molecular weight is 254 g/mol. The maximum absolute atomic E-state index is 11.0. The van der Waals surface area contributed by atoms with Gasteiger partial charge in [-0.3, -0.25) is 0 Å². The van der Waals surface area contributed by atoms with Crippen LogP contribution in [0.15, 0.2) is 24.3 Å². The summed E-state index contributed by atoms with van der Waals surface area (Å²) in [4.78, 5) is 11.0. The van der Waals surface area contributed by atoms with Crippen LogP contribution < -0.4 is 0 Å². The van der Waals surface area contributed by atoms with Gasteiger partial charge in [-0.05, 0) is 72.8 Å². The van der Waals surface area contributed by atoms with E-state index in [1.807, 2.05) is 0 Å². The van der Waals surface area contributed by atoms with Crippen molar-refractivity contribution in [3.63, 3.8) is 0 Å². The van der Waals surface area contributed by atoms with Crippen molar-refractivity contribution in [3.8, 4) is 0 Å². The van der Waals surface area contributed by atoms with E-state index in [4.69, 9.17) is 0 Å². The summed E-state index contributed by atoms with van der Waals surface area (Å²) in [7, 11) is 0. The van der Waals surface area contributed by atoms with E-state index in [0.29, 0.717) is 11.8 Å². The first-order valence-electron chi connectivity index (χ1n) is 7.81. The molecular weight excluding hydrogens is 232 g/mol. The molecule has 0 saturated heterocycles. The number of carbonyl (C=O) groups is 1. The molecule has 1 aromatic rings. The molecule has 4 fully saturated rings. The SMILES string of the molecule is O=CCc1ccccc1C12CC3CC(CC(C3)C1)C2. The summed E-state index contributed by atoms with van der Waals surface area (Å²) in [5, 5.41) is 0. The second kappa shape index (κ2) is 4.19. The lowest BCUT2D eigenvalue weighted by Crippen LogP contribution is -2.48. The van der Waals surface area contributed by atoms with Gasteiger partial charge in [0.2, 0.25) is 0 Å². The molecule has 5 rings (SSSR count). The fourth-order valence-electron chi connectivity index (χ4n) is 5.75. The molecule has 4 bridgehead atoms. The Bertz CT molecular complexity index is 467. The van der Waals surface area contributed by atoms with Crippen molar-refractivity contribution >= 4 is 6.29 Å². The fourth-order valence-corrected chi connectivity index (χ4v) is 5.75. The van der Waals surface area contributed by atoms with Gasteiger partial charge in [0.25, 0.3) is 0 Å². The molecule has 0 spiro atoms. The van der Waals surface area contributed by atoms with E-state index < -0.39 is 0 Å². The Kier molecular flexibility index (Phi) is 2.58. The van der Waals surface area contributed by atoms with Crippen LogP contribution in [0.3, 0.4) is 0 Å². The minimum absolute atomic E-state index is 0.425. The zero-order chi connectivity index (χ0) is 12.9. The molecule has 1 nitrogen and oxygen atoms in total. The third kappa shape index (κ3) is 1.78. The third-order valence-corrected chi connectivity index (χ3v) is 5.93. The molecule has 0 heterocycles. The minimum Gasteiger partial charge on any atom is -0.303 e. The summed E-state index contributed by atoms with van der Waals surface area (Å²) in [6.07, 6.45) is 10.3. The highest BCUT2D eigenvalue weighted by Crippen LogP contribution is 2.61. The summed E-state index contributed by atoms with van der Waals surface area (Å²) in [6.45, 7) is 0. The second-order valence-corrected chi connectivity index (χ2v) is 7.23. The van der Waals surface area contributed by atoms with E-state index in [1.165, 1.54) is 49.7 Å². The highest BCUT2D eigenvalue weighted by molar-refractivity contribution is 5.57. The summed E-state index contributed by atoms with van der Waals surface area (Å²) in [5.41, 5.74) is 3.23. The molecule has 4 aliphatic carbocycles. The van der Waals surface area contributed by atoms with Crippen LogP contribution in [0.2, 0.25) is 0 Å². The number of aldehydes is 1. The fraction of sp³-hybridized carbons (Fsp3) is 0.611. The Morgan fingerprint density at radius 2 is 1.58 bits per heavy atom. The Morgan fingerprint density at radius 1 is 1.00 bits per heavy atom. The molecule has 0 radical (unpaired) electrons. The zero-order valence-corrected chi connectivity index (χ0v) is 11.5. The Labute approximate surface area is 115 Å². The van der Waals surface area contributed by atoms with E-state index in [0.717, 1.165) is 24.0 Å². The maximum atomic E-state index is 11.0. The van der Waals surface area contributed by atoms with Crippen LogP contribution in [0.1, 0.15) is 49.7 Å². The smallest absolute Gasteiger partial charge is 0.124 e. The lowest BCUT2D eigenvalue weighted by molar-refractivity contribution is -0.107. The molecule has 19 heavy (non-hydrogen) atoms. The normalized spacial score (nSPS) is 39.5. The summed E-state index contributed by atoms with van der Waals surface area (Å²) in [6, 6.07) is 8.74. The Morgan fingerprint density at radius 3 is 2.16 bits per heavy atom. The first-order chi connectivity index (χ1) is 9.29. The highest BCUT2D eigenvalue weighted by Gasteiger charge is 2.51. The van der Waals surface area contributed by atoms with Crippen LogP contribution in [0.4, 0.5) is 0 Å². The monoisotopic (exact) mass is 254 g/mol. The van der Waals surface area contributed by atoms with Crippen molar-refractivity contribution in [1.29, 1.82) is 0 Å². The number of rotatable bonds is 3. The maximum Gasteiger partial charge on any atom is 0.124 e. The van der Waals surface area contributed by atoms with Crippen molar-refractivity contribution in [2.45, 2.75) is 50.4 Å². The molecule has 4 saturated carbocycles. The van der Waals surface area contributed by atoms with E-state index in [1.54, 1.807) is 0 Å². The first-order valence-corrected chi connectivity index (χ1v) is 7.81.